The van der Waals surface area contributed by atoms with E-state index in [0.29, 0.717) is 44.2 Å². The maximum atomic E-state index is 6.34. The molecule has 4 heterocycles. The fourth-order valence-corrected chi connectivity index (χ4v) is 4.09. The highest BCUT2D eigenvalue weighted by atomic mass is 35.5. The molecule has 1 aliphatic rings. The first kappa shape index (κ1) is 19.9. The van der Waals surface area contributed by atoms with E-state index >= 15 is 0 Å². The van der Waals surface area contributed by atoms with Crippen molar-refractivity contribution in [3.8, 4) is 11.4 Å². The van der Waals surface area contributed by atoms with Gasteiger partial charge in [-0.3, -0.25) is 0 Å². The Bertz CT molecular complexity index is 1210. The van der Waals surface area contributed by atoms with Gasteiger partial charge >= 0.3 is 0 Å². The average molecular weight is 456 g/mol. The molecule has 0 unspecified atom stereocenters. The lowest BCUT2D eigenvalue weighted by atomic mass is 10.2. The molecule has 2 N–H and O–H groups in total. The van der Waals surface area contributed by atoms with Gasteiger partial charge in [-0.05, 0) is 19.2 Å². The molecule has 0 aliphatic carbocycles. The Kier molecular flexibility index (Phi) is 5.31. The summed E-state index contributed by atoms with van der Waals surface area (Å²) < 4.78 is 0. The number of imidazole rings is 1. The molecule has 11 heteroatoms. The number of piperazine rings is 1. The number of H-pyrrole nitrogens is 1. The smallest absolute Gasteiger partial charge is 0.183 e. The van der Waals surface area contributed by atoms with Gasteiger partial charge in [0, 0.05) is 32.2 Å². The molecule has 0 radical (unpaired) electrons. The Labute approximate surface area is 188 Å². The van der Waals surface area contributed by atoms with Crippen molar-refractivity contribution in [2.45, 2.75) is 0 Å². The molecule has 158 valence electrons. The Morgan fingerprint density at radius 1 is 0.968 bits per heavy atom. The number of benzene rings is 1. The van der Waals surface area contributed by atoms with Crippen LogP contribution < -0.4 is 10.2 Å². The molecule has 31 heavy (non-hydrogen) atoms. The van der Waals surface area contributed by atoms with Gasteiger partial charge in [0.05, 0.1) is 15.6 Å². The fraction of sp³-hybridized carbons (Fsp3) is 0.250. The molecule has 0 amide bonds. The Morgan fingerprint density at radius 3 is 2.48 bits per heavy atom. The van der Waals surface area contributed by atoms with E-state index < -0.39 is 0 Å². The minimum atomic E-state index is 0.497. The first-order chi connectivity index (χ1) is 15.1. The van der Waals surface area contributed by atoms with E-state index in [1.807, 2.05) is 6.07 Å². The summed E-state index contributed by atoms with van der Waals surface area (Å²) in [5.41, 5.74) is 1.75. The standard InChI is InChI=1S/C20H19Cl2N9/c1-30-5-7-31(8-6-30)15-9-14(23-10-24-15)27-19-17-20(26-11-25-19)29-18(28-17)16-12(21)3-2-4-13(16)22/h2-4,9-11H,5-8H2,1H3,(H2,23,24,25,26,27,28,29). The predicted octanol–water partition coefficient (Wildman–Crippen LogP) is 3.61. The van der Waals surface area contributed by atoms with Crippen LogP contribution in [0, 0.1) is 0 Å². The molecule has 5 rings (SSSR count). The summed E-state index contributed by atoms with van der Waals surface area (Å²) in [4.78, 5) is 29.7. The van der Waals surface area contributed by atoms with E-state index in [2.05, 4.69) is 52.1 Å². The van der Waals surface area contributed by atoms with E-state index in [4.69, 9.17) is 23.2 Å². The van der Waals surface area contributed by atoms with Crippen molar-refractivity contribution in [2.75, 3.05) is 43.4 Å². The lowest BCUT2D eigenvalue weighted by Gasteiger charge is -2.33. The molecule has 9 nitrogen and oxygen atoms in total. The molecule has 1 saturated heterocycles. The van der Waals surface area contributed by atoms with Crippen molar-refractivity contribution in [3.63, 3.8) is 0 Å². The van der Waals surface area contributed by atoms with Crippen LogP contribution >= 0.6 is 23.2 Å². The number of likely N-dealkylation sites (N-methyl/N-ethyl adjacent to an activating group) is 1. The Morgan fingerprint density at radius 2 is 1.71 bits per heavy atom. The van der Waals surface area contributed by atoms with E-state index in [1.165, 1.54) is 6.33 Å². The van der Waals surface area contributed by atoms with E-state index in [0.717, 1.165) is 32.0 Å². The molecular weight excluding hydrogens is 437 g/mol. The number of anilines is 3. The Hall–Kier alpha value is -3.01. The maximum Gasteiger partial charge on any atom is 0.183 e. The van der Waals surface area contributed by atoms with Gasteiger partial charge in [0.25, 0.3) is 0 Å². The van der Waals surface area contributed by atoms with Crippen LogP contribution in [-0.4, -0.2) is 68.0 Å². The normalized spacial score (nSPS) is 14.9. The number of hydrogen-bond donors (Lipinski definition) is 2. The van der Waals surface area contributed by atoms with Crippen molar-refractivity contribution in [1.82, 2.24) is 34.8 Å². The summed E-state index contributed by atoms with van der Waals surface area (Å²) in [5, 5.41) is 4.26. The van der Waals surface area contributed by atoms with Crippen molar-refractivity contribution in [1.29, 1.82) is 0 Å². The number of nitrogens with one attached hydrogen (secondary N) is 2. The average Bonchev–Trinajstić information content (AvgIpc) is 3.19. The SMILES string of the molecule is CN1CCN(c2cc(Nc3ncnc4nc(-c5c(Cl)cccc5Cl)[nH]c34)ncn2)CC1. The van der Waals surface area contributed by atoms with Crippen molar-refractivity contribution < 1.29 is 0 Å². The van der Waals surface area contributed by atoms with Gasteiger partial charge in [-0.25, -0.2) is 24.9 Å². The minimum absolute atomic E-state index is 0.497. The summed E-state index contributed by atoms with van der Waals surface area (Å²) in [7, 11) is 2.12. The number of rotatable bonds is 4. The van der Waals surface area contributed by atoms with Crippen LogP contribution in [-0.2, 0) is 0 Å². The van der Waals surface area contributed by atoms with Crippen molar-refractivity contribution in [3.05, 3.63) is 47.0 Å². The molecule has 4 aromatic rings. The first-order valence-electron chi connectivity index (χ1n) is 9.76. The Balaban J connectivity index is 1.46. The highest BCUT2D eigenvalue weighted by Crippen LogP contribution is 2.34. The molecule has 3 aromatic heterocycles. The summed E-state index contributed by atoms with van der Waals surface area (Å²) in [6, 6.07) is 7.24. The highest BCUT2D eigenvalue weighted by molar-refractivity contribution is 6.39. The zero-order valence-corrected chi connectivity index (χ0v) is 18.2. The first-order valence-corrected chi connectivity index (χ1v) is 10.5. The van der Waals surface area contributed by atoms with E-state index in [9.17, 15) is 0 Å². The molecule has 0 atom stereocenters. The molecule has 1 aliphatic heterocycles. The fourth-order valence-electron chi connectivity index (χ4n) is 3.51. The third-order valence-corrected chi connectivity index (χ3v) is 5.84. The van der Waals surface area contributed by atoms with E-state index in [-0.39, 0.29) is 0 Å². The van der Waals surface area contributed by atoms with Gasteiger partial charge < -0.3 is 20.1 Å². The summed E-state index contributed by atoms with van der Waals surface area (Å²) in [6.45, 7) is 3.85. The lowest BCUT2D eigenvalue weighted by molar-refractivity contribution is 0.312. The molecule has 1 aromatic carbocycles. The topological polar surface area (TPSA) is 98.8 Å². The quantitative estimate of drug-likeness (QED) is 0.481. The third-order valence-electron chi connectivity index (χ3n) is 5.21. The maximum absolute atomic E-state index is 6.34. The summed E-state index contributed by atoms with van der Waals surface area (Å²) in [6.07, 6.45) is 3.00. The molecular formula is C20H19Cl2N9. The lowest BCUT2D eigenvalue weighted by Crippen LogP contribution is -2.44. The predicted molar refractivity (Wildman–Crippen MR) is 122 cm³/mol. The number of nitrogens with zero attached hydrogens (tertiary/aromatic N) is 7. The molecule has 0 saturated carbocycles. The number of fused-ring (bicyclic) bond motifs is 1. The second-order valence-electron chi connectivity index (χ2n) is 7.28. The van der Waals surface area contributed by atoms with Gasteiger partial charge in [0.1, 0.15) is 35.6 Å². The minimum Gasteiger partial charge on any atom is -0.354 e. The van der Waals surface area contributed by atoms with Gasteiger partial charge in [0.15, 0.2) is 11.5 Å². The largest absolute Gasteiger partial charge is 0.354 e. The van der Waals surface area contributed by atoms with Gasteiger partial charge in [0.2, 0.25) is 0 Å². The zero-order chi connectivity index (χ0) is 21.4. The van der Waals surface area contributed by atoms with Crippen LogP contribution in [0.5, 0.6) is 0 Å². The molecule has 0 spiro atoms. The zero-order valence-electron chi connectivity index (χ0n) is 16.7. The van der Waals surface area contributed by atoms with Crippen LogP contribution in [0.4, 0.5) is 17.5 Å². The van der Waals surface area contributed by atoms with Crippen LogP contribution in [0.1, 0.15) is 0 Å². The van der Waals surface area contributed by atoms with Gasteiger partial charge in [-0.1, -0.05) is 29.3 Å². The summed E-state index contributed by atoms with van der Waals surface area (Å²) >= 11 is 12.7. The highest BCUT2D eigenvalue weighted by Gasteiger charge is 2.18. The monoisotopic (exact) mass is 455 g/mol. The molecule has 1 fully saturated rings. The van der Waals surface area contributed by atoms with Gasteiger partial charge in [-0.15, -0.1) is 0 Å². The van der Waals surface area contributed by atoms with Crippen LogP contribution in [0.2, 0.25) is 10.0 Å². The number of hydrogen-bond acceptors (Lipinski definition) is 8. The van der Waals surface area contributed by atoms with Crippen LogP contribution in [0.3, 0.4) is 0 Å². The van der Waals surface area contributed by atoms with Gasteiger partial charge in [-0.2, -0.15) is 0 Å². The van der Waals surface area contributed by atoms with Crippen molar-refractivity contribution in [2.24, 2.45) is 0 Å². The number of aromatic amines is 1. The van der Waals surface area contributed by atoms with Crippen LogP contribution in [0.25, 0.3) is 22.6 Å². The third kappa shape index (κ3) is 3.99. The second-order valence-corrected chi connectivity index (χ2v) is 8.09. The number of aromatic nitrogens is 6. The second kappa shape index (κ2) is 8.26. The summed E-state index contributed by atoms with van der Waals surface area (Å²) in [5.74, 6) is 2.59. The van der Waals surface area contributed by atoms with E-state index in [1.54, 1.807) is 24.5 Å². The van der Waals surface area contributed by atoms with Crippen molar-refractivity contribution >= 4 is 51.8 Å². The number of halogens is 2. The van der Waals surface area contributed by atoms with Crippen LogP contribution in [0.15, 0.2) is 36.9 Å². The molecule has 0 bridgehead atoms.